The molecule has 0 spiro atoms. The van der Waals surface area contributed by atoms with Gasteiger partial charge >= 0.3 is 0 Å². The maximum Gasteiger partial charge on any atom is 0.0952 e. The third-order valence-electron chi connectivity index (χ3n) is 3.57. The van der Waals surface area contributed by atoms with Crippen molar-refractivity contribution in [2.24, 2.45) is 11.7 Å². The molecule has 0 amide bonds. The summed E-state index contributed by atoms with van der Waals surface area (Å²) >= 11 is 0. The van der Waals surface area contributed by atoms with E-state index in [-0.39, 0.29) is 11.8 Å². The molecule has 106 valence electrons. The Morgan fingerprint density at radius 2 is 2.10 bits per heavy atom. The first kappa shape index (κ1) is 14.3. The fourth-order valence-corrected chi connectivity index (χ4v) is 2.37. The van der Waals surface area contributed by atoms with Gasteiger partial charge < -0.3 is 10.6 Å². The summed E-state index contributed by atoms with van der Waals surface area (Å²) in [5.41, 5.74) is 8.79. The average Bonchev–Trinajstić information content (AvgIpc) is 2.43. The zero-order valence-electron chi connectivity index (χ0n) is 12.4. The highest BCUT2D eigenvalue weighted by molar-refractivity contribution is 5.92. The van der Waals surface area contributed by atoms with Crippen molar-refractivity contribution in [3.63, 3.8) is 0 Å². The highest BCUT2D eigenvalue weighted by Gasteiger charge is 2.14. The topological polar surface area (TPSA) is 66.0 Å². The molecule has 0 aliphatic rings. The molecule has 1 atom stereocenters. The molecule has 2 rings (SSSR count). The van der Waals surface area contributed by atoms with Crippen LogP contribution in [-0.4, -0.2) is 23.9 Å². The van der Waals surface area contributed by atoms with E-state index in [1.165, 1.54) is 5.69 Å². The largest absolute Gasteiger partial charge is 0.387 e. The van der Waals surface area contributed by atoms with Crippen LogP contribution in [0.3, 0.4) is 0 Å². The van der Waals surface area contributed by atoms with Crippen molar-refractivity contribution < 1.29 is 0 Å². The van der Waals surface area contributed by atoms with Crippen LogP contribution in [0.4, 0.5) is 5.69 Å². The standard InChI is InChI=1S/C16H22N4/c1-4-20(10-11(2)16(17)18)15-9-12(3)19-14-8-6-5-7-13(14)15/h5-9,11H,4,10H2,1-3H3,(H3,17,18). The summed E-state index contributed by atoms with van der Waals surface area (Å²) in [6, 6.07) is 10.3. The molecule has 0 aliphatic carbocycles. The van der Waals surface area contributed by atoms with Crippen molar-refractivity contribution in [3.8, 4) is 0 Å². The van der Waals surface area contributed by atoms with Crippen LogP contribution in [0.5, 0.6) is 0 Å². The van der Waals surface area contributed by atoms with Gasteiger partial charge in [-0.3, -0.25) is 10.4 Å². The van der Waals surface area contributed by atoms with Crippen molar-refractivity contribution in [2.45, 2.75) is 20.8 Å². The third-order valence-corrected chi connectivity index (χ3v) is 3.57. The molecule has 1 heterocycles. The van der Waals surface area contributed by atoms with Crippen LogP contribution in [0.1, 0.15) is 19.5 Å². The second-order valence-corrected chi connectivity index (χ2v) is 5.19. The summed E-state index contributed by atoms with van der Waals surface area (Å²) in [5.74, 6) is 0.278. The molecule has 0 saturated carbocycles. The minimum absolute atomic E-state index is 0.0437. The summed E-state index contributed by atoms with van der Waals surface area (Å²) in [7, 11) is 0. The van der Waals surface area contributed by atoms with E-state index >= 15 is 0 Å². The van der Waals surface area contributed by atoms with Crippen LogP contribution in [0, 0.1) is 18.3 Å². The van der Waals surface area contributed by atoms with Crippen LogP contribution in [-0.2, 0) is 0 Å². The van der Waals surface area contributed by atoms with Gasteiger partial charge in [-0.1, -0.05) is 25.1 Å². The van der Waals surface area contributed by atoms with E-state index in [1.807, 2.05) is 32.0 Å². The number of hydrogen-bond acceptors (Lipinski definition) is 3. The molecule has 0 bridgehead atoms. The molecule has 4 nitrogen and oxygen atoms in total. The Bertz CT molecular complexity index is 621. The fourth-order valence-electron chi connectivity index (χ4n) is 2.37. The smallest absolute Gasteiger partial charge is 0.0952 e. The van der Waals surface area contributed by atoms with Crippen molar-refractivity contribution >= 4 is 22.4 Å². The van der Waals surface area contributed by atoms with Crippen molar-refractivity contribution in [3.05, 3.63) is 36.0 Å². The number of nitrogens with zero attached hydrogens (tertiary/aromatic N) is 2. The molecule has 0 fully saturated rings. The molecule has 1 unspecified atom stereocenters. The second kappa shape index (κ2) is 5.90. The summed E-state index contributed by atoms with van der Waals surface area (Å²) < 4.78 is 0. The van der Waals surface area contributed by atoms with E-state index in [1.54, 1.807) is 0 Å². The molecule has 3 N–H and O–H groups in total. The van der Waals surface area contributed by atoms with Gasteiger partial charge in [0.05, 0.1) is 11.4 Å². The predicted molar refractivity (Wildman–Crippen MR) is 85.4 cm³/mol. The number of nitrogens with two attached hydrogens (primary N) is 1. The Morgan fingerprint density at radius 3 is 2.75 bits per heavy atom. The molecule has 1 aromatic heterocycles. The first-order valence-corrected chi connectivity index (χ1v) is 6.98. The molecular weight excluding hydrogens is 248 g/mol. The van der Waals surface area contributed by atoms with E-state index in [4.69, 9.17) is 11.1 Å². The van der Waals surface area contributed by atoms with E-state index in [0.29, 0.717) is 0 Å². The van der Waals surface area contributed by atoms with Gasteiger partial charge in [-0.15, -0.1) is 0 Å². The van der Waals surface area contributed by atoms with Crippen LogP contribution >= 0.6 is 0 Å². The first-order chi connectivity index (χ1) is 9.52. The number of amidine groups is 1. The lowest BCUT2D eigenvalue weighted by Gasteiger charge is -2.27. The van der Waals surface area contributed by atoms with Crippen LogP contribution < -0.4 is 10.6 Å². The number of aryl methyl sites for hydroxylation is 1. The van der Waals surface area contributed by atoms with Gasteiger partial charge in [0.2, 0.25) is 0 Å². The fraction of sp³-hybridized carbons (Fsp3) is 0.375. The number of fused-ring (bicyclic) bond motifs is 1. The minimum Gasteiger partial charge on any atom is -0.387 e. The summed E-state index contributed by atoms with van der Waals surface area (Å²) in [6.45, 7) is 7.75. The van der Waals surface area contributed by atoms with Crippen LogP contribution in [0.2, 0.25) is 0 Å². The van der Waals surface area contributed by atoms with Gasteiger partial charge in [-0.2, -0.15) is 0 Å². The van der Waals surface area contributed by atoms with E-state index < -0.39 is 0 Å². The molecular formula is C16H22N4. The van der Waals surface area contributed by atoms with Crippen LogP contribution in [0.15, 0.2) is 30.3 Å². The molecule has 2 aromatic rings. The maximum atomic E-state index is 7.58. The van der Waals surface area contributed by atoms with Gasteiger partial charge in [0, 0.05) is 35.8 Å². The van der Waals surface area contributed by atoms with Gasteiger partial charge in [0.1, 0.15) is 0 Å². The number of pyridine rings is 1. The Balaban J connectivity index is 2.46. The van der Waals surface area contributed by atoms with Gasteiger partial charge in [-0.05, 0) is 26.0 Å². The third kappa shape index (κ3) is 2.90. The molecule has 0 saturated heterocycles. The lowest BCUT2D eigenvalue weighted by atomic mass is 10.1. The number of hydrogen-bond donors (Lipinski definition) is 2. The summed E-state index contributed by atoms with van der Waals surface area (Å²) in [6.07, 6.45) is 0. The number of benzene rings is 1. The lowest BCUT2D eigenvalue weighted by Crippen LogP contribution is -2.34. The summed E-state index contributed by atoms with van der Waals surface area (Å²) in [4.78, 5) is 6.84. The minimum atomic E-state index is 0.0437. The highest BCUT2D eigenvalue weighted by Crippen LogP contribution is 2.27. The van der Waals surface area contributed by atoms with Gasteiger partial charge in [0.15, 0.2) is 0 Å². The quantitative estimate of drug-likeness (QED) is 0.648. The maximum absolute atomic E-state index is 7.58. The molecule has 1 aromatic carbocycles. The lowest BCUT2D eigenvalue weighted by molar-refractivity contribution is 0.698. The number of para-hydroxylation sites is 1. The zero-order valence-corrected chi connectivity index (χ0v) is 12.4. The van der Waals surface area contributed by atoms with Crippen LogP contribution in [0.25, 0.3) is 10.9 Å². The Morgan fingerprint density at radius 1 is 1.40 bits per heavy atom. The normalized spacial score (nSPS) is 12.3. The predicted octanol–water partition coefficient (Wildman–Crippen LogP) is 2.94. The van der Waals surface area contributed by atoms with Crippen molar-refractivity contribution in [1.82, 2.24) is 4.98 Å². The van der Waals surface area contributed by atoms with Crippen molar-refractivity contribution in [1.29, 1.82) is 5.41 Å². The number of rotatable bonds is 5. The average molecular weight is 270 g/mol. The monoisotopic (exact) mass is 270 g/mol. The Labute approximate surface area is 120 Å². The van der Waals surface area contributed by atoms with Gasteiger partial charge in [-0.25, -0.2) is 0 Å². The molecule has 4 heteroatoms. The van der Waals surface area contributed by atoms with Gasteiger partial charge in [0.25, 0.3) is 0 Å². The van der Waals surface area contributed by atoms with E-state index in [0.717, 1.165) is 29.7 Å². The summed E-state index contributed by atoms with van der Waals surface area (Å²) in [5, 5.41) is 8.72. The number of aromatic nitrogens is 1. The van der Waals surface area contributed by atoms with E-state index in [2.05, 4.69) is 28.9 Å². The number of nitrogens with one attached hydrogen (secondary N) is 1. The first-order valence-electron chi connectivity index (χ1n) is 6.98. The molecule has 0 aliphatic heterocycles. The SMILES string of the molecule is CCN(CC(C)C(=N)N)c1cc(C)nc2ccccc12. The number of anilines is 1. The second-order valence-electron chi connectivity index (χ2n) is 5.19. The molecule has 0 radical (unpaired) electrons. The van der Waals surface area contributed by atoms with E-state index in [9.17, 15) is 0 Å². The highest BCUT2D eigenvalue weighted by atomic mass is 15.1. The van der Waals surface area contributed by atoms with Crippen molar-refractivity contribution in [2.75, 3.05) is 18.0 Å². The zero-order chi connectivity index (χ0) is 14.7. The Kier molecular flexibility index (Phi) is 4.23. The molecule has 20 heavy (non-hydrogen) atoms. The Hall–Kier alpha value is -2.10.